The Morgan fingerprint density at radius 1 is 1.23 bits per heavy atom. The number of hydrogen-bond acceptors (Lipinski definition) is 1. The van der Waals surface area contributed by atoms with Gasteiger partial charge in [0.15, 0.2) is 0 Å². The second kappa shape index (κ2) is 8.31. The van der Waals surface area contributed by atoms with Crippen LogP contribution in [-0.2, 0) is 0 Å². The summed E-state index contributed by atoms with van der Waals surface area (Å²) in [5.74, 6) is 0.855. The third-order valence-corrected chi connectivity index (χ3v) is 2.45. The Bertz CT molecular complexity index is 129. The fourth-order valence-corrected chi connectivity index (χ4v) is 1.53. The molecule has 0 aromatic heterocycles. The second-order valence-electron chi connectivity index (χ2n) is 4.24. The van der Waals surface area contributed by atoms with Crippen LogP contribution in [-0.4, -0.2) is 6.54 Å². The Balaban J connectivity index is 3.16. The molecular weight excluding hydrogens is 158 g/mol. The Kier molecular flexibility index (Phi) is 8.11. The SMILES string of the molecule is C=C(C)CCCCC(C)CCCN. The molecule has 1 nitrogen and oxygen atoms in total. The van der Waals surface area contributed by atoms with Crippen LogP contribution in [0, 0.1) is 5.92 Å². The highest BCUT2D eigenvalue weighted by atomic mass is 14.5. The predicted octanol–water partition coefficient (Wildman–Crippen LogP) is 3.50. The zero-order chi connectivity index (χ0) is 10.1. The lowest BCUT2D eigenvalue weighted by atomic mass is 9.97. The van der Waals surface area contributed by atoms with Crippen LogP contribution in [0.2, 0.25) is 0 Å². The van der Waals surface area contributed by atoms with Gasteiger partial charge in [-0.1, -0.05) is 25.3 Å². The molecule has 0 saturated carbocycles. The summed E-state index contributed by atoms with van der Waals surface area (Å²) in [4.78, 5) is 0. The van der Waals surface area contributed by atoms with Gasteiger partial charge in [0, 0.05) is 0 Å². The number of hydrogen-bond donors (Lipinski definition) is 1. The van der Waals surface area contributed by atoms with Crippen molar-refractivity contribution in [2.45, 2.75) is 52.4 Å². The van der Waals surface area contributed by atoms with Gasteiger partial charge in [0.25, 0.3) is 0 Å². The molecule has 1 unspecified atom stereocenters. The molecule has 0 fully saturated rings. The van der Waals surface area contributed by atoms with Gasteiger partial charge in [-0.2, -0.15) is 0 Å². The molecule has 0 aromatic carbocycles. The highest BCUT2D eigenvalue weighted by Crippen LogP contribution is 2.15. The maximum absolute atomic E-state index is 5.46. The minimum atomic E-state index is 0.843. The molecule has 0 aliphatic rings. The number of rotatable bonds is 8. The standard InChI is InChI=1S/C12H25N/c1-11(2)7-4-5-8-12(3)9-6-10-13/h12H,1,4-10,13H2,2-3H3. The van der Waals surface area contributed by atoms with E-state index in [1.807, 2.05) is 0 Å². The van der Waals surface area contributed by atoms with E-state index < -0.39 is 0 Å². The van der Waals surface area contributed by atoms with Crippen molar-refractivity contribution in [1.82, 2.24) is 0 Å². The largest absolute Gasteiger partial charge is 0.330 e. The van der Waals surface area contributed by atoms with Crippen molar-refractivity contribution in [1.29, 1.82) is 0 Å². The van der Waals surface area contributed by atoms with Crippen molar-refractivity contribution in [3.8, 4) is 0 Å². The van der Waals surface area contributed by atoms with E-state index >= 15 is 0 Å². The molecule has 0 spiro atoms. The van der Waals surface area contributed by atoms with Gasteiger partial charge >= 0.3 is 0 Å². The molecular formula is C12H25N. The van der Waals surface area contributed by atoms with Crippen LogP contribution in [0.15, 0.2) is 12.2 Å². The van der Waals surface area contributed by atoms with Gasteiger partial charge < -0.3 is 5.73 Å². The molecule has 0 saturated heterocycles. The first-order chi connectivity index (χ1) is 6.16. The van der Waals surface area contributed by atoms with E-state index in [4.69, 9.17) is 5.73 Å². The molecule has 0 bridgehead atoms. The van der Waals surface area contributed by atoms with E-state index in [9.17, 15) is 0 Å². The van der Waals surface area contributed by atoms with Gasteiger partial charge in [-0.15, -0.1) is 6.58 Å². The first-order valence-electron chi connectivity index (χ1n) is 5.51. The Labute approximate surface area is 83.4 Å². The normalized spacial score (nSPS) is 12.8. The summed E-state index contributed by atoms with van der Waals surface area (Å²) in [7, 11) is 0. The first kappa shape index (κ1) is 12.7. The molecule has 2 N–H and O–H groups in total. The average Bonchev–Trinajstić information content (AvgIpc) is 2.08. The minimum absolute atomic E-state index is 0.843. The quantitative estimate of drug-likeness (QED) is 0.452. The molecule has 78 valence electrons. The third-order valence-electron chi connectivity index (χ3n) is 2.45. The highest BCUT2D eigenvalue weighted by Gasteiger charge is 2.00. The van der Waals surface area contributed by atoms with Crippen LogP contribution in [0.3, 0.4) is 0 Å². The van der Waals surface area contributed by atoms with E-state index in [2.05, 4.69) is 20.4 Å². The molecule has 0 heterocycles. The van der Waals surface area contributed by atoms with Crippen molar-refractivity contribution in [2.24, 2.45) is 11.7 Å². The Morgan fingerprint density at radius 3 is 2.38 bits per heavy atom. The molecule has 0 aromatic rings. The summed E-state index contributed by atoms with van der Waals surface area (Å²) in [6, 6.07) is 0. The minimum Gasteiger partial charge on any atom is -0.330 e. The maximum atomic E-state index is 5.46. The monoisotopic (exact) mass is 183 g/mol. The smallest absolute Gasteiger partial charge is 0.00772 e. The van der Waals surface area contributed by atoms with E-state index in [-0.39, 0.29) is 0 Å². The molecule has 0 radical (unpaired) electrons. The first-order valence-corrected chi connectivity index (χ1v) is 5.51. The lowest BCUT2D eigenvalue weighted by molar-refractivity contribution is 0.455. The average molecular weight is 183 g/mol. The van der Waals surface area contributed by atoms with Gasteiger partial charge in [-0.3, -0.25) is 0 Å². The topological polar surface area (TPSA) is 26.0 Å². The fraction of sp³-hybridized carbons (Fsp3) is 0.833. The van der Waals surface area contributed by atoms with Crippen molar-refractivity contribution in [3.63, 3.8) is 0 Å². The van der Waals surface area contributed by atoms with Crippen LogP contribution in [0.25, 0.3) is 0 Å². The lowest BCUT2D eigenvalue weighted by Crippen LogP contribution is -2.02. The van der Waals surface area contributed by atoms with Crippen LogP contribution >= 0.6 is 0 Å². The van der Waals surface area contributed by atoms with Crippen molar-refractivity contribution in [2.75, 3.05) is 6.54 Å². The van der Waals surface area contributed by atoms with Crippen molar-refractivity contribution in [3.05, 3.63) is 12.2 Å². The zero-order valence-corrected chi connectivity index (χ0v) is 9.31. The van der Waals surface area contributed by atoms with Gasteiger partial charge in [0.1, 0.15) is 0 Å². The molecule has 0 amide bonds. The zero-order valence-electron chi connectivity index (χ0n) is 9.31. The van der Waals surface area contributed by atoms with E-state index in [0.717, 1.165) is 12.5 Å². The van der Waals surface area contributed by atoms with Gasteiger partial charge in [0.2, 0.25) is 0 Å². The summed E-state index contributed by atoms with van der Waals surface area (Å²) in [5.41, 5.74) is 6.77. The van der Waals surface area contributed by atoms with E-state index in [1.165, 1.54) is 44.1 Å². The van der Waals surface area contributed by atoms with Gasteiger partial charge in [0.05, 0.1) is 0 Å². The number of allylic oxidation sites excluding steroid dienone is 1. The maximum Gasteiger partial charge on any atom is -0.00772 e. The van der Waals surface area contributed by atoms with Crippen LogP contribution in [0.4, 0.5) is 0 Å². The third kappa shape index (κ3) is 9.62. The van der Waals surface area contributed by atoms with E-state index in [1.54, 1.807) is 0 Å². The molecule has 0 rings (SSSR count). The number of nitrogens with two attached hydrogens (primary N) is 1. The van der Waals surface area contributed by atoms with Crippen LogP contribution < -0.4 is 5.73 Å². The Hall–Kier alpha value is -0.300. The Morgan fingerprint density at radius 2 is 1.85 bits per heavy atom. The fourth-order valence-electron chi connectivity index (χ4n) is 1.53. The van der Waals surface area contributed by atoms with Crippen LogP contribution in [0.5, 0.6) is 0 Å². The molecule has 1 atom stereocenters. The second-order valence-corrected chi connectivity index (χ2v) is 4.24. The molecule has 0 aliphatic heterocycles. The number of unbranched alkanes of at least 4 members (excludes halogenated alkanes) is 1. The summed E-state index contributed by atoms with van der Waals surface area (Å²) in [5, 5.41) is 0. The lowest BCUT2D eigenvalue weighted by Gasteiger charge is -2.09. The summed E-state index contributed by atoms with van der Waals surface area (Å²) in [6.07, 6.45) is 7.68. The molecule has 13 heavy (non-hydrogen) atoms. The van der Waals surface area contributed by atoms with Gasteiger partial charge in [-0.05, 0) is 45.1 Å². The van der Waals surface area contributed by atoms with Gasteiger partial charge in [-0.25, -0.2) is 0 Å². The summed E-state index contributed by atoms with van der Waals surface area (Å²) in [6.45, 7) is 9.19. The van der Waals surface area contributed by atoms with Crippen molar-refractivity contribution < 1.29 is 0 Å². The summed E-state index contributed by atoms with van der Waals surface area (Å²) >= 11 is 0. The molecule has 1 heteroatoms. The van der Waals surface area contributed by atoms with E-state index in [0.29, 0.717) is 0 Å². The predicted molar refractivity (Wildman–Crippen MR) is 60.7 cm³/mol. The molecule has 0 aliphatic carbocycles. The highest BCUT2D eigenvalue weighted by molar-refractivity contribution is 4.87. The summed E-state index contributed by atoms with van der Waals surface area (Å²) < 4.78 is 0. The van der Waals surface area contributed by atoms with Crippen LogP contribution in [0.1, 0.15) is 52.4 Å². The van der Waals surface area contributed by atoms with Crippen molar-refractivity contribution >= 4 is 0 Å².